The van der Waals surface area contributed by atoms with Crippen LogP contribution in [0.4, 0.5) is 0 Å². The smallest absolute Gasteiger partial charge is 0.0346 e. The Kier molecular flexibility index (Phi) is 4.71. The summed E-state index contributed by atoms with van der Waals surface area (Å²) in [6, 6.07) is 8.90. The minimum absolute atomic E-state index is 0.412. The number of unbranched alkanes of at least 4 members (excludes halogenated alkanes) is 2. The summed E-state index contributed by atoms with van der Waals surface area (Å²) in [6.45, 7) is 2.24. The van der Waals surface area contributed by atoms with Crippen molar-refractivity contribution < 1.29 is 0 Å². The molecule has 0 saturated carbocycles. The normalized spacial score (nSPS) is 12.8. The molecule has 2 rings (SSSR count). The van der Waals surface area contributed by atoms with Crippen LogP contribution in [0.2, 0.25) is 0 Å². The summed E-state index contributed by atoms with van der Waals surface area (Å²) in [6.07, 6.45) is 8.97. The molecule has 1 unspecified atom stereocenters. The fourth-order valence-corrected chi connectivity index (χ4v) is 2.47. The van der Waals surface area contributed by atoms with E-state index < -0.39 is 0 Å². The lowest BCUT2D eigenvalue weighted by Crippen LogP contribution is -2.16. The van der Waals surface area contributed by atoms with Gasteiger partial charge in [0.25, 0.3) is 0 Å². The lowest BCUT2D eigenvalue weighted by atomic mass is 9.97. The zero-order chi connectivity index (χ0) is 12.8. The predicted molar refractivity (Wildman–Crippen MR) is 77.7 cm³/mol. The quantitative estimate of drug-likeness (QED) is 0.772. The molecular weight excluding hydrogens is 220 g/mol. The standard InChI is InChI=1S/C16H22N2/c1-3-4-5-10-16(17-2)15-12-18-11-13-8-6-7-9-14(13)15/h6-9,11-12,16-17H,3-5,10H2,1-2H3. The van der Waals surface area contributed by atoms with Gasteiger partial charge in [0, 0.05) is 23.8 Å². The van der Waals surface area contributed by atoms with Gasteiger partial charge in [0.05, 0.1) is 0 Å². The van der Waals surface area contributed by atoms with Crippen molar-refractivity contribution in [2.45, 2.75) is 38.6 Å². The number of benzene rings is 1. The van der Waals surface area contributed by atoms with Crippen LogP contribution in [0.15, 0.2) is 36.7 Å². The van der Waals surface area contributed by atoms with E-state index in [1.807, 2.05) is 19.4 Å². The van der Waals surface area contributed by atoms with E-state index in [-0.39, 0.29) is 0 Å². The maximum atomic E-state index is 4.37. The highest BCUT2D eigenvalue weighted by Gasteiger charge is 2.12. The van der Waals surface area contributed by atoms with Crippen LogP contribution in [0, 0.1) is 0 Å². The summed E-state index contributed by atoms with van der Waals surface area (Å²) in [5, 5.41) is 5.98. The third kappa shape index (κ3) is 2.88. The van der Waals surface area contributed by atoms with E-state index in [1.54, 1.807) is 0 Å². The van der Waals surface area contributed by atoms with Gasteiger partial charge in [0.1, 0.15) is 0 Å². The van der Waals surface area contributed by atoms with Crippen molar-refractivity contribution in [2.24, 2.45) is 0 Å². The van der Waals surface area contributed by atoms with Gasteiger partial charge in [-0.05, 0) is 24.4 Å². The molecule has 0 spiro atoms. The number of hydrogen-bond donors (Lipinski definition) is 1. The third-order valence-electron chi connectivity index (χ3n) is 3.52. The Balaban J connectivity index is 2.27. The Labute approximate surface area is 109 Å². The van der Waals surface area contributed by atoms with Gasteiger partial charge in [0.2, 0.25) is 0 Å². The van der Waals surface area contributed by atoms with Crippen LogP contribution in [0.1, 0.15) is 44.2 Å². The van der Waals surface area contributed by atoms with Crippen LogP contribution >= 0.6 is 0 Å². The zero-order valence-electron chi connectivity index (χ0n) is 11.3. The van der Waals surface area contributed by atoms with E-state index in [0.717, 1.165) is 0 Å². The van der Waals surface area contributed by atoms with Crippen LogP contribution in [0.5, 0.6) is 0 Å². The first kappa shape index (κ1) is 13.0. The topological polar surface area (TPSA) is 24.9 Å². The molecule has 2 heteroatoms. The summed E-state index contributed by atoms with van der Waals surface area (Å²) in [5.41, 5.74) is 1.33. The number of nitrogens with zero attached hydrogens (tertiary/aromatic N) is 1. The maximum Gasteiger partial charge on any atom is 0.0346 e. The first-order valence-corrected chi connectivity index (χ1v) is 6.86. The van der Waals surface area contributed by atoms with Gasteiger partial charge < -0.3 is 5.32 Å². The highest BCUT2D eigenvalue weighted by molar-refractivity contribution is 5.85. The Morgan fingerprint density at radius 2 is 2.00 bits per heavy atom. The second-order valence-corrected chi connectivity index (χ2v) is 4.79. The van der Waals surface area contributed by atoms with Gasteiger partial charge >= 0.3 is 0 Å². The fraction of sp³-hybridized carbons (Fsp3) is 0.438. The number of hydrogen-bond acceptors (Lipinski definition) is 2. The average Bonchev–Trinajstić information content (AvgIpc) is 2.43. The molecule has 0 fully saturated rings. The van der Waals surface area contributed by atoms with Crippen molar-refractivity contribution >= 4 is 10.8 Å². The van der Waals surface area contributed by atoms with Gasteiger partial charge in [-0.1, -0.05) is 50.5 Å². The van der Waals surface area contributed by atoms with E-state index in [1.165, 1.54) is 42.0 Å². The number of pyridine rings is 1. The van der Waals surface area contributed by atoms with Gasteiger partial charge in [-0.15, -0.1) is 0 Å². The van der Waals surface area contributed by atoms with Crippen molar-refractivity contribution in [3.05, 3.63) is 42.2 Å². The molecule has 1 aromatic carbocycles. The van der Waals surface area contributed by atoms with E-state index in [2.05, 4.69) is 41.5 Å². The summed E-state index contributed by atoms with van der Waals surface area (Å²) in [7, 11) is 2.04. The molecule has 0 saturated heterocycles. The highest BCUT2D eigenvalue weighted by Crippen LogP contribution is 2.26. The Morgan fingerprint density at radius 1 is 1.17 bits per heavy atom. The summed E-state index contributed by atoms with van der Waals surface area (Å²) < 4.78 is 0. The number of fused-ring (bicyclic) bond motifs is 1. The first-order valence-electron chi connectivity index (χ1n) is 6.86. The minimum atomic E-state index is 0.412. The van der Waals surface area contributed by atoms with E-state index in [9.17, 15) is 0 Å². The molecule has 1 heterocycles. The van der Waals surface area contributed by atoms with Crippen LogP contribution in [-0.4, -0.2) is 12.0 Å². The molecule has 2 nitrogen and oxygen atoms in total. The van der Waals surface area contributed by atoms with Gasteiger partial charge in [-0.25, -0.2) is 0 Å². The summed E-state index contributed by atoms with van der Waals surface area (Å²) in [4.78, 5) is 4.37. The molecule has 0 amide bonds. The van der Waals surface area contributed by atoms with Gasteiger partial charge in [0.15, 0.2) is 0 Å². The fourth-order valence-electron chi connectivity index (χ4n) is 2.47. The largest absolute Gasteiger partial charge is 0.313 e. The van der Waals surface area contributed by atoms with Crippen molar-refractivity contribution in [2.75, 3.05) is 7.05 Å². The molecule has 0 aliphatic heterocycles. The van der Waals surface area contributed by atoms with Crippen molar-refractivity contribution in [3.63, 3.8) is 0 Å². The molecule has 0 radical (unpaired) electrons. The maximum absolute atomic E-state index is 4.37. The molecule has 0 aliphatic carbocycles. The Morgan fingerprint density at radius 3 is 2.78 bits per heavy atom. The van der Waals surface area contributed by atoms with E-state index in [0.29, 0.717) is 6.04 Å². The molecule has 0 bridgehead atoms. The molecule has 96 valence electrons. The minimum Gasteiger partial charge on any atom is -0.313 e. The highest BCUT2D eigenvalue weighted by atomic mass is 14.9. The SMILES string of the molecule is CCCCCC(NC)c1cncc2ccccc12. The second kappa shape index (κ2) is 6.50. The van der Waals surface area contributed by atoms with Crippen molar-refractivity contribution in [1.29, 1.82) is 0 Å². The molecule has 2 aromatic rings. The summed E-state index contributed by atoms with van der Waals surface area (Å²) in [5.74, 6) is 0. The number of aromatic nitrogens is 1. The number of nitrogens with one attached hydrogen (secondary N) is 1. The molecular formula is C16H22N2. The van der Waals surface area contributed by atoms with Gasteiger partial charge in [-0.2, -0.15) is 0 Å². The van der Waals surface area contributed by atoms with Crippen LogP contribution in [0.25, 0.3) is 10.8 Å². The van der Waals surface area contributed by atoms with E-state index in [4.69, 9.17) is 0 Å². The molecule has 1 aromatic heterocycles. The number of rotatable bonds is 6. The Hall–Kier alpha value is -1.41. The summed E-state index contributed by atoms with van der Waals surface area (Å²) >= 11 is 0. The van der Waals surface area contributed by atoms with Crippen LogP contribution in [0.3, 0.4) is 0 Å². The Bertz CT molecular complexity index is 488. The van der Waals surface area contributed by atoms with E-state index >= 15 is 0 Å². The molecule has 0 aliphatic rings. The third-order valence-corrected chi connectivity index (χ3v) is 3.52. The average molecular weight is 242 g/mol. The predicted octanol–water partition coefficient (Wildman–Crippen LogP) is 4.08. The van der Waals surface area contributed by atoms with Crippen molar-refractivity contribution in [1.82, 2.24) is 10.3 Å². The second-order valence-electron chi connectivity index (χ2n) is 4.79. The molecule has 18 heavy (non-hydrogen) atoms. The zero-order valence-corrected chi connectivity index (χ0v) is 11.3. The van der Waals surface area contributed by atoms with Crippen molar-refractivity contribution in [3.8, 4) is 0 Å². The lowest BCUT2D eigenvalue weighted by Gasteiger charge is -2.18. The monoisotopic (exact) mass is 242 g/mol. The molecule has 1 atom stereocenters. The molecule has 1 N–H and O–H groups in total. The first-order chi connectivity index (χ1) is 8.86. The van der Waals surface area contributed by atoms with Crippen LogP contribution < -0.4 is 5.32 Å². The van der Waals surface area contributed by atoms with Gasteiger partial charge in [-0.3, -0.25) is 4.98 Å². The lowest BCUT2D eigenvalue weighted by molar-refractivity contribution is 0.513. The van der Waals surface area contributed by atoms with Crippen LogP contribution in [-0.2, 0) is 0 Å².